The van der Waals surface area contributed by atoms with Crippen molar-refractivity contribution >= 4 is 17.3 Å². The van der Waals surface area contributed by atoms with Crippen molar-refractivity contribution in [2.24, 2.45) is 0 Å². The number of amides is 1. The number of phenolic OH excluding ortho intramolecular Hbond substituents is 1. The molecule has 21 heavy (non-hydrogen) atoms. The summed E-state index contributed by atoms with van der Waals surface area (Å²) in [7, 11) is 0. The lowest BCUT2D eigenvalue weighted by atomic mass is 10.1. The molecule has 0 spiro atoms. The summed E-state index contributed by atoms with van der Waals surface area (Å²) in [6.45, 7) is 1.77. The molecule has 6 nitrogen and oxygen atoms in total. The van der Waals surface area contributed by atoms with Crippen LogP contribution in [0.1, 0.15) is 11.1 Å². The van der Waals surface area contributed by atoms with Gasteiger partial charge in [-0.25, -0.2) is 0 Å². The highest BCUT2D eigenvalue weighted by Gasteiger charge is 2.10. The Labute approximate surface area is 121 Å². The third-order valence-electron chi connectivity index (χ3n) is 2.97. The maximum absolute atomic E-state index is 12.0. The van der Waals surface area contributed by atoms with Crippen LogP contribution in [-0.4, -0.2) is 15.9 Å². The van der Waals surface area contributed by atoms with Gasteiger partial charge in [0.25, 0.3) is 5.69 Å². The molecule has 108 valence electrons. The Hall–Kier alpha value is -2.89. The molecule has 0 atom stereocenters. The van der Waals surface area contributed by atoms with E-state index < -0.39 is 4.92 Å². The van der Waals surface area contributed by atoms with Gasteiger partial charge in [-0.05, 0) is 36.2 Å². The van der Waals surface area contributed by atoms with E-state index in [1.807, 2.05) is 0 Å². The molecule has 0 radical (unpaired) electrons. The summed E-state index contributed by atoms with van der Waals surface area (Å²) in [5.41, 5.74) is 1.87. The van der Waals surface area contributed by atoms with Crippen LogP contribution >= 0.6 is 0 Å². The molecule has 0 aliphatic heterocycles. The fourth-order valence-electron chi connectivity index (χ4n) is 1.95. The van der Waals surface area contributed by atoms with Crippen molar-refractivity contribution in [2.75, 3.05) is 5.32 Å². The SMILES string of the molecule is Cc1cc(O)ccc1NC(=O)Cc1cccc([N+](=O)[O-])c1. The first-order chi connectivity index (χ1) is 9.95. The summed E-state index contributed by atoms with van der Waals surface area (Å²) in [5.74, 6) is -0.145. The minimum atomic E-state index is -0.495. The van der Waals surface area contributed by atoms with Crippen LogP contribution in [0.15, 0.2) is 42.5 Å². The largest absolute Gasteiger partial charge is 0.508 e. The Morgan fingerprint density at radius 1 is 1.29 bits per heavy atom. The number of aromatic hydroxyl groups is 1. The Balaban J connectivity index is 2.08. The van der Waals surface area contributed by atoms with Gasteiger partial charge < -0.3 is 10.4 Å². The molecule has 0 saturated carbocycles. The molecule has 0 aliphatic rings. The van der Waals surface area contributed by atoms with E-state index >= 15 is 0 Å². The number of nitrogens with zero attached hydrogens (tertiary/aromatic N) is 1. The monoisotopic (exact) mass is 286 g/mol. The summed E-state index contributed by atoms with van der Waals surface area (Å²) in [6, 6.07) is 10.6. The number of anilines is 1. The average Bonchev–Trinajstić information content (AvgIpc) is 2.42. The number of nitro groups is 1. The van der Waals surface area contributed by atoms with Gasteiger partial charge in [0.1, 0.15) is 5.75 Å². The molecule has 0 aromatic heterocycles. The maximum Gasteiger partial charge on any atom is 0.269 e. The highest BCUT2D eigenvalue weighted by Crippen LogP contribution is 2.20. The van der Waals surface area contributed by atoms with Gasteiger partial charge >= 0.3 is 0 Å². The first-order valence-electron chi connectivity index (χ1n) is 6.28. The molecule has 2 N–H and O–H groups in total. The van der Waals surface area contributed by atoms with Gasteiger partial charge in [0, 0.05) is 17.8 Å². The number of aryl methyl sites for hydroxylation is 1. The zero-order chi connectivity index (χ0) is 15.4. The van der Waals surface area contributed by atoms with Crippen molar-refractivity contribution in [3.05, 3.63) is 63.7 Å². The van der Waals surface area contributed by atoms with Crippen molar-refractivity contribution in [1.29, 1.82) is 0 Å². The zero-order valence-electron chi connectivity index (χ0n) is 11.4. The molecular weight excluding hydrogens is 272 g/mol. The number of non-ortho nitro benzene ring substituents is 1. The molecule has 0 unspecified atom stereocenters. The van der Waals surface area contributed by atoms with Crippen LogP contribution < -0.4 is 5.32 Å². The second-order valence-electron chi connectivity index (χ2n) is 4.65. The summed E-state index contributed by atoms with van der Waals surface area (Å²) < 4.78 is 0. The molecule has 0 fully saturated rings. The Morgan fingerprint density at radius 2 is 2.05 bits per heavy atom. The number of hydrogen-bond donors (Lipinski definition) is 2. The van der Waals surface area contributed by atoms with E-state index in [1.54, 1.807) is 31.2 Å². The van der Waals surface area contributed by atoms with Crippen LogP contribution in [0.25, 0.3) is 0 Å². The molecule has 2 aromatic carbocycles. The highest BCUT2D eigenvalue weighted by molar-refractivity contribution is 5.93. The molecule has 2 aromatic rings. The Bertz CT molecular complexity index is 698. The summed E-state index contributed by atoms with van der Waals surface area (Å²) >= 11 is 0. The van der Waals surface area contributed by atoms with E-state index in [2.05, 4.69) is 5.32 Å². The van der Waals surface area contributed by atoms with Crippen LogP contribution in [0.2, 0.25) is 0 Å². The predicted octanol–water partition coefficient (Wildman–Crippen LogP) is 2.79. The summed E-state index contributed by atoms with van der Waals surface area (Å²) in [5, 5.41) is 22.7. The van der Waals surface area contributed by atoms with Crippen LogP contribution in [0, 0.1) is 17.0 Å². The fraction of sp³-hybridized carbons (Fsp3) is 0.133. The second kappa shape index (κ2) is 6.04. The van der Waals surface area contributed by atoms with E-state index in [4.69, 9.17) is 0 Å². The highest BCUT2D eigenvalue weighted by atomic mass is 16.6. The fourth-order valence-corrected chi connectivity index (χ4v) is 1.95. The minimum absolute atomic E-state index is 0.0406. The smallest absolute Gasteiger partial charge is 0.269 e. The summed E-state index contributed by atoms with van der Waals surface area (Å²) in [6.07, 6.45) is 0.0436. The second-order valence-corrected chi connectivity index (χ2v) is 4.65. The third kappa shape index (κ3) is 3.79. The predicted molar refractivity (Wildman–Crippen MR) is 78.3 cm³/mol. The van der Waals surface area contributed by atoms with Gasteiger partial charge in [-0.3, -0.25) is 14.9 Å². The van der Waals surface area contributed by atoms with Crippen molar-refractivity contribution in [3.8, 4) is 5.75 Å². The van der Waals surface area contributed by atoms with Gasteiger partial charge in [-0.15, -0.1) is 0 Å². The number of carbonyl (C=O) groups is 1. The number of rotatable bonds is 4. The first-order valence-corrected chi connectivity index (χ1v) is 6.28. The maximum atomic E-state index is 12.0. The Morgan fingerprint density at radius 3 is 2.71 bits per heavy atom. The lowest BCUT2D eigenvalue weighted by Gasteiger charge is -2.08. The summed E-state index contributed by atoms with van der Waals surface area (Å²) in [4.78, 5) is 22.2. The van der Waals surface area contributed by atoms with Crippen LogP contribution in [0.5, 0.6) is 5.75 Å². The normalized spacial score (nSPS) is 10.1. The quantitative estimate of drug-likeness (QED) is 0.513. The molecule has 2 rings (SSSR count). The molecule has 0 bridgehead atoms. The number of nitro benzene ring substituents is 1. The number of phenols is 1. The molecule has 0 heterocycles. The van der Waals surface area contributed by atoms with Gasteiger partial charge in [0.15, 0.2) is 0 Å². The number of hydrogen-bond acceptors (Lipinski definition) is 4. The first kappa shape index (κ1) is 14.5. The van der Waals surface area contributed by atoms with E-state index in [0.717, 1.165) is 5.56 Å². The van der Waals surface area contributed by atoms with Crippen molar-refractivity contribution in [1.82, 2.24) is 0 Å². The van der Waals surface area contributed by atoms with E-state index in [-0.39, 0.29) is 23.8 Å². The van der Waals surface area contributed by atoms with Crippen molar-refractivity contribution < 1.29 is 14.8 Å². The standard InChI is InChI=1S/C15H14N2O4/c1-10-7-13(18)5-6-14(10)16-15(19)9-11-3-2-4-12(8-11)17(20)21/h2-8,18H,9H2,1H3,(H,16,19). The van der Waals surface area contributed by atoms with Crippen molar-refractivity contribution in [2.45, 2.75) is 13.3 Å². The lowest BCUT2D eigenvalue weighted by Crippen LogP contribution is -2.15. The molecule has 6 heteroatoms. The zero-order valence-corrected chi connectivity index (χ0v) is 11.4. The van der Waals surface area contributed by atoms with Gasteiger partial charge in [-0.1, -0.05) is 12.1 Å². The van der Waals surface area contributed by atoms with Gasteiger partial charge in [0.2, 0.25) is 5.91 Å². The van der Waals surface area contributed by atoms with E-state index in [9.17, 15) is 20.0 Å². The number of benzene rings is 2. The number of nitrogens with one attached hydrogen (secondary N) is 1. The molecular formula is C15H14N2O4. The Kier molecular flexibility index (Phi) is 4.18. The topological polar surface area (TPSA) is 92.5 Å². The van der Waals surface area contributed by atoms with E-state index in [1.165, 1.54) is 18.2 Å². The van der Waals surface area contributed by atoms with Crippen LogP contribution in [0.4, 0.5) is 11.4 Å². The van der Waals surface area contributed by atoms with E-state index in [0.29, 0.717) is 11.3 Å². The average molecular weight is 286 g/mol. The number of carbonyl (C=O) groups excluding carboxylic acids is 1. The lowest BCUT2D eigenvalue weighted by molar-refractivity contribution is -0.384. The molecule has 0 aliphatic carbocycles. The molecule has 0 saturated heterocycles. The third-order valence-corrected chi connectivity index (χ3v) is 2.97. The minimum Gasteiger partial charge on any atom is -0.508 e. The van der Waals surface area contributed by atoms with Crippen LogP contribution in [-0.2, 0) is 11.2 Å². The van der Waals surface area contributed by atoms with Gasteiger partial charge in [-0.2, -0.15) is 0 Å². The molecule has 1 amide bonds. The van der Waals surface area contributed by atoms with Crippen LogP contribution in [0.3, 0.4) is 0 Å². The van der Waals surface area contributed by atoms with Crippen molar-refractivity contribution in [3.63, 3.8) is 0 Å². The van der Waals surface area contributed by atoms with Gasteiger partial charge in [0.05, 0.1) is 11.3 Å².